The van der Waals surface area contributed by atoms with Crippen LogP contribution in [0, 0.1) is 6.92 Å². The Hall–Kier alpha value is -1.13. The molecule has 2 heterocycles. The predicted octanol–water partition coefficient (Wildman–Crippen LogP) is 1.94. The number of aryl methyl sites for hydroxylation is 1. The smallest absolute Gasteiger partial charge is 0.131 e. The molecule has 2 N–H and O–H groups in total. The quantitative estimate of drug-likeness (QED) is 0.901. The summed E-state index contributed by atoms with van der Waals surface area (Å²) in [5.41, 5.74) is 8.46. The van der Waals surface area contributed by atoms with Gasteiger partial charge >= 0.3 is 0 Å². The van der Waals surface area contributed by atoms with Crippen LogP contribution in [0.1, 0.15) is 37.4 Å². The van der Waals surface area contributed by atoms with Gasteiger partial charge in [0.25, 0.3) is 0 Å². The molecule has 19 heavy (non-hydrogen) atoms. The van der Waals surface area contributed by atoms with E-state index in [1.165, 1.54) is 5.56 Å². The summed E-state index contributed by atoms with van der Waals surface area (Å²) in [4.78, 5) is 9.52. The van der Waals surface area contributed by atoms with E-state index in [0.29, 0.717) is 0 Å². The molecule has 4 heteroatoms. The number of nitrogens with zero attached hydrogens (tertiary/aromatic N) is 3. The van der Waals surface area contributed by atoms with E-state index in [1.54, 1.807) is 0 Å². The molecule has 2 rings (SSSR count). The maximum Gasteiger partial charge on any atom is 0.131 e. The molecule has 0 aromatic carbocycles. The van der Waals surface area contributed by atoms with Crippen LogP contribution in [0.15, 0.2) is 12.3 Å². The summed E-state index contributed by atoms with van der Waals surface area (Å²) in [7, 11) is 0. The van der Waals surface area contributed by atoms with E-state index in [4.69, 9.17) is 5.73 Å². The fraction of sp³-hybridized carbons (Fsp3) is 0.667. The summed E-state index contributed by atoms with van der Waals surface area (Å²) in [6, 6.07) is 2.31. The number of aromatic nitrogens is 1. The second-order valence-electron chi connectivity index (χ2n) is 5.35. The van der Waals surface area contributed by atoms with E-state index < -0.39 is 0 Å². The first kappa shape index (κ1) is 14.3. The molecule has 4 nitrogen and oxygen atoms in total. The van der Waals surface area contributed by atoms with Crippen LogP contribution in [0.2, 0.25) is 0 Å². The molecular weight excluding hydrogens is 236 g/mol. The van der Waals surface area contributed by atoms with Crippen molar-refractivity contribution in [3.8, 4) is 0 Å². The maximum atomic E-state index is 6.07. The second-order valence-corrected chi connectivity index (χ2v) is 5.35. The van der Waals surface area contributed by atoms with Gasteiger partial charge in [0.1, 0.15) is 5.82 Å². The molecule has 0 saturated carbocycles. The molecule has 1 fully saturated rings. The largest absolute Gasteiger partial charge is 0.354 e. The Bertz CT molecular complexity index is 411. The first-order chi connectivity index (χ1) is 9.15. The van der Waals surface area contributed by atoms with Crippen molar-refractivity contribution in [2.24, 2.45) is 5.73 Å². The Morgan fingerprint density at radius 2 is 1.95 bits per heavy atom. The number of nitrogens with two attached hydrogens (primary N) is 1. The number of hydrogen-bond donors (Lipinski definition) is 1. The second kappa shape index (κ2) is 6.35. The molecule has 0 amide bonds. The van der Waals surface area contributed by atoms with Crippen molar-refractivity contribution in [3.63, 3.8) is 0 Å². The lowest BCUT2D eigenvalue weighted by molar-refractivity contribution is 0.270. The Morgan fingerprint density at radius 1 is 1.26 bits per heavy atom. The fourth-order valence-electron chi connectivity index (χ4n) is 2.63. The third kappa shape index (κ3) is 3.25. The van der Waals surface area contributed by atoms with Crippen molar-refractivity contribution < 1.29 is 0 Å². The normalized spacial score (nSPS) is 18.6. The molecule has 0 spiro atoms. The van der Waals surface area contributed by atoms with E-state index in [-0.39, 0.29) is 6.04 Å². The third-order valence-corrected chi connectivity index (χ3v) is 4.06. The molecule has 1 aromatic heterocycles. The zero-order chi connectivity index (χ0) is 13.8. The van der Waals surface area contributed by atoms with Gasteiger partial charge in [-0.1, -0.05) is 13.8 Å². The minimum Gasteiger partial charge on any atom is -0.354 e. The first-order valence-electron chi connectivity index (χ1n) is 7.35. The van der Waals surface area contributed by atoms with Crippen molar-refractivity contribution in [2.75, 3.05) is 37.6 Å². The van der Waals surface area contributed by atoms with Gasteiger partial charge in [-0.25, -0.2) is 4.98 Å². The third-order valence-electron chi connectivity index (χ3n) is 4.06. The monoisotopic (exact) mass is 262 g/mol. The van der Waals surface area contributed by atoms with E-state index in [2.05, 4.69) is 41.6 Å². The molecule has 1 atom stereocenters. The molecule has 0 aliphatic carbocycles. The molecule has 1 aliphatic heterocycles. The SMILES string of the molecule is CCC(N)c1cnc(N2CCN(CC)CC2)c(C)c1. The molecule has 0 bridgehead atoms. The van der Waals surface area contributed by atoms with Gasteiger partial charge in [-0.3, -0.25) is 0 Å². The van der Waals surface area contributed by atoms with Crippen molar-refractivity contribution in [1.29, 1.82) is 0 Å². The number of anilines is 1. The van der Waals surface area contributed by atoms with Crippen molar-refractivity contribution in [1.82, 2.24) is 9.88 Å². The highest BCUT2D eigenvalue weighted by molar-refractivity contribution is 5.48. The molecule has 106 valence electrons. The van der Waals surface area contributed by atoms with Gasteiger partial charge < -0.3 is 15.5 Å². The number of rotatable bonds is 4. The molecule has 0 radical (unpaired) electrons. The summed E-state index contributed by atoms with van der Waals surface area (Å²) >= 11 is 0. The number of pyridine rings is 1. The summed E-state index contributed by atoms with van der Waals surface area (Å²) in [5, 5.41) is 0. The van der Waals surface area contributed by atoms with E-state index in [1.807, 2.05) is 6.20 Å². The topological polar surface area (TPSA) is 45.4 Å². The van der Waals surface area contributed by atoms with Gasteiger partial charge in [0, 0.05) is 38.4 Å². The van der Waals surface area contributed by atoms with Gasteiger partial charge in [-0.2, -0.15) is 0 Å². The van der Waals surface area contributed by atoms with Crippen LogP contribution >= 0.6 is 0 Å². The van der Waals surface area contributed by atoms with Gasteiger partial charge in [-0.05, 0) is 37.1 Å². The lowest BCUT2D eigenvalue weighted by atomic mass is 10.1. The van der Waals surface area contributed by atoms with E-state index >= 15 is 0 Å². The Balaban J connectivity index is 2.09. The van der Waals surface area contributed by atoms with Crippen LogP contribution in [0.5, 0.6) is 0 Å². The standard InChI is InChI=1S/C15H26N4/c1-4-14(16)13-10-12(3)15(17-11-13)19-8-6-18(5-2)7-9-19/h10-11,14H,4-9,16H2,1-3H3. The first-order valence-corrected chi connectivity index (χ1v) is 7.35. The lowest BCUT2D eigenvalue weighted by Gasteiger charge is -2.35. The van der Waals surface area contributed by atoms with Gasteiger partial charge in [0.2, 0.25) is 0 Å². The van der Waals surface area contributed by atoms with Crippen molar-refractivity contribution in [3.05, 3.63) is 23.4 Å². The van der Waals surface area contributed by atoms with Crippen LogP contribution in [0.25, 0.3) is 0 Å². The summed E-state index contributed by atoms with van der Waals surface area (Å²) in [6.45, 7) is 12.0. The zero-order valence-corrected chi connectivity index (χ0v) is 12.4. The Morgan fingerprint density at radius 3 is 2.47 bits per heavy atom. The Kier molecular flexibility index (Phi) is 4.77. The number of likely N-dealkylation sites (N-methyl/N-ethyl adjacent to an activating group) is 1. The molecule has 1 aromatic rings. The Labute approximate surface area is 116 Å². The molecular formula is C15H26N4. The van der Waals surface area contributed by atoms with Gasteiger partial charge in [0.05, 0.1) is 0 Å². The van der Waals surface area contributed by atoms with Crippen LogP contribution < -0.4 is 10.6 Å². The van der Waals surface area contributed by atoms with Crippen LogP contribution in [-0.4, -0.2) is 42.6 Å². The van der Waals surface area contributed by atoms with E-state index in [9.17, 15) is 0 Å². The highest BCUT2D eigenvalue weighted by atomic mass is 15.3. The average Bonchev–Trinajstić information content (AvgIpc) is 2.46. The van der Waals surface area contributed by atoms with Crippen LogP contribution in [0.4, 0.5) is 5.82 Å². The van der Waals surface area contributed by atoms with Crippen molar-refractivity contribution in [2.45, 2.75) is 33.2 Å². The van der Waals surface area contributed by atoms with Crippen molar-refractivity contribution >= 4 is 5.82 Å². The van der Waals surface area contributed by atoms with Gasteiger partial charge in [0.15, 0.2) is 0 Å². The van der Waals surface area contributed by atoms with Crippen LogP contribution in [0.3, 0.4) is 0 Å². The van der Waals surface area contributed by atoms with Crippen LogP contribution in [-0.2, 0) is 0 Å². The van der Waals surface area contributed by atoms with Gasteiger partial charge in [-0.15, -0.1) is 0 Å². The predicted molar refractivity (Wildman–Crippen MR) is 80.5 cm³/mol. The lowest BCUT2D eigenvalue weighted by Crippen LogP contribution is -2.46. The molecule has 1 aliphatic rings. The highest BCUT2D eigenvalue weighted by Crippen LogP contribution is 2.22. The average molecular weight is 262 g/mol. The fourth-order valence-corrected chi connectivity index (χ4v) is 2.63. The highest BCUT2D eigenvalue weighted by Gasteiger charge is 2.18. The number of piperazine rings is 1. The summed E-state index contributed by atoms with van der Waals surface area (Å²) in [5.74, 6) is 1.13. The number of hydrogen-bond acceptors (Lipinski definition) is 4. The molecule has 1 unspecified atom stereocenters. The minimum atomic E-state index is 0.109. The maximum absolute atomic E-state index is 6.07. The van der Waals surface area contributed by atoms with E-state index in [0.717, 1.165) is 50.5 Å². The molecule has 1 saturated heterocycles. The summed E-state index contributed by atoms with van der Waals surface area (Å²) in [6.07, 6.45) is 2.90. The zero-order valence-electron chi connectivity index (χ0n) is 12.4. The summed E-state index contributed by atoms with van der Waals surface area (Å²) < 4.78 is 0. The minimum absolute atomic E-state index is 0.109.